The lowest BCUT2D eigenvalue weighted by Gasteiger charge is -2.23. The van der Waals surface area contributed by atoms with Gasteiger partial charge in [-0.3, -0.25) is 0 Å². The zero-order chi connectivity index (χ0) is 12.3. The second-order valence-corrected chi connectivity index (χ2v) is 6.80. The van der Waals surface area contributed by atoms with Crippen molar-refractivity contribution in [2.45, 2.75) is 31.1 Å². The van der Waals surface area contributed by atoms with E-state index in [4.69, 9.17) is 11.6 Å². The Labute approximate surface area is 111 Å². The molecule has 1 aromatic rings. The van der Waals surface area contributed by atoms with Gasteiger partial charge >= 0.3 is 0 Å². The number of benzene rings is 1. The monoisotopic (exact) mass is 273 g/mol. The first kappa shape index (κ1) is 13.2. The number of hydrogen-bond acceptors (Lipinski definition) is 2. The number of hydrogen-bond donors (Lipinski definition) is 1. The predicted octanol–water partition coefficient (Wildman–Crippen LogP) is 3.85. The van der Waals surface area contributed by atoms with Gasteiger partial charge in [0.25, 0.3) is 0 Å². The van der Waals surface area contributed by atoms with E-state index in [0.717, 1.165) is 6.54 Å². The van der Waals surface area contributed by atoms with E-state index in [-0.39, 0.29) is 5.82 Å². The molecule has 0 spiro atoms. The van der Waals surface area contributed by atoms with Gasteiger partial charge in [-0.05, 0) is 37.7 Å². The predicted molar refractivity (Wildman–Crippen MR) is 73.2 cm³/mol. The van der Waals surface area contributed by atoms with Gasteiger partial charge in [-0.1, -0.05) is 17.7 Å². The van der Waals surface area contributed by atoms with Crippen molar-refractivity contribution in [1.82, 2.24) is 5.32 Å². The van der Waals surface area contributed by atoms with Gasteiger partial charge in [-0.15, -0.1) is 0 Å². The maximum atomic E-state index is 13.5. The SMILES string of the molecule is CC1(CNCc2c(F)cccc2Cl)CCCS1. The van der Waals surface area contributed by atoms with Crippen LogP contribution in [-0.4, -0.2) is 17.0 Å². The van der Waals surface area contributed by atoms with E-state index in [1.54, 1.807) is 12.1 Å². The number of halogens is 2. The minimum absolute atomic E-state index is 0.228. The molecule has 1 nitrogen and oxygen atoms in total. The van der Waals surface area contributed by atoms with Crippen LogP contribution in [0.1, 0.15) is 25.3 Å². The lowest BCUT2D eigenvalue weighted by atomic mass is 10.1. The molecule has 0 bridgehead atoms. The Morgan fingerprint density at radius 2 is 2.35 bits per heavy atom. The van der Waals surface area contributed by atoms with Crippen molar-refractivity contribution >= 4 is 23.4 Å². The van der Waals surface area contributed by atoms with Crippen molar-refractivity contribution in [3.63, 3.8) is 0 Å². The van der Waals surface area contributed by atoms with Crippen LogP contribution in [0.4, 0.5) is 4.39 Å². The normalized spacial score (nSPS) is 24.2. The molecular weight excluding hydrogens is 257 g/mol. The second-order valence-electron chi connectivity index (χ2n) is 4.71. The summed E-state index contributed by atoms with van der Waals surface area (Å²) >= 11 is 7.97. The van der Waals surface area contributed by atoms with Crippen molar-refractivity contribution in [2.75, 3.05) is 12.3 Å². The molecule has 0 radical (unpaired) electrons. The summed E-state index contributed by atoms with van der Waals surface area (Å²) in [4.78, 5) is 0. The fourth-order valence-corrected chi connectivity index (χ4v) is 3.63. The smallest absolute Gasteiger partial charge is 0.129 e. The molecule has 1 aliphatic rings. The van der Waals surface area contributed by atoms with Crippen molar-refractivity contribution in [2.24, 2.45) is 0 Å². The van der Waals surface area contributed by atoms with Gasteiger partial charge in [0.1, 0.15) is 5.82 Å². The highest BCUT2D eigenvalue weighted by molar-refractivity contribution is 8.00. The van der Waals surface area contributed by atoms with Crippen LogP contribution in [0.3, 0.4) is 0 Å². The molecule has 1 atom stereocenters. The van der Waals surface area contributed by atoms with Crippen LogP contribution in [0.15, 0.2) is 18.2 Å². The summed E-state index contributed by atoms with van der Waals surface area (Å²) in [6, 6.07) is 4.82. The molecule has 1 saturated heterocycles. The highest BCUT2D eigenvalue weighted by atomic mass is 35.5. The Hall–Kier alpha value is -0.250. The van der Waals surface area contributed by atoms with Crippen LogP contribution in [0.2, 0.25) is 5.02 Å². The van der Waals surface area contributed by atoms with Crippen LogP contribution in [-0.2, 0) is 6.54 Å². The molecule has 1 aliphatic heterocycles. The Bertz CT molecular complexity index is 371. The highest BCUT2D eigenvalue weighted by Crippen LogP contribution is 2.37. The summed E-state index contributed by atoms with van der Waals surface area (Å²) in [5.74, 6) is 1.01. The zero-order valence-electron chi connectivity index (χ0n) is 9.93. The maximum absolute atomic E-state index is 13.5. The number of rotatable bonds is 4. The number of thioether (sulfide) groups is 1. The third kappa shape index (κ3) is 3.36. The molecule has 2 rings (SSSR count). The van der Waals surface area contributed by atoms with E-state index in [9.17, 15) is 4.39 Å². The van der Waals surface area contributed by atoms with E-state index in [2.05, 4.69) is 12.2 Å². The molecule has 1 heterocycles. The van der Waals surface area contributed by atoms with Gasteiger partial charge in [0.2, 0.25) is 0 Å². The van der Waals surface area contributed by atoms with Crippen LogP contribution in [0.25, 0.3) is 0 Å². The van der Waals surface area contributed by atoms with Crippen LogP contribution in [0, 0.1) is 5.82 Å². The summed E-state index contributed by atoms with van der Waals surface area (Å²) in [6.07, 6.45) is 2.51. The molecule has 0 aromatic heterocycles. The lowest BCUT2D eigenvalue weighted by molar-refractivity contribution is 0.525. The second kappa shape index (κ2) is 5.59. The Morgan fingerprint density at radius 1 is 1.53 bits per heavy atom. The standard InChI is InChI=1S/C13H17ClFNS/c1-13(6-3-7-17-13)9-16-8-10-11(14)4-2-5-12(10)15/h2,4-5,16H,3,6-9H2,1H3. The van der Waals surface area contributed by atoms with Gasteiger partial charge in [0, 0.05) is 28.4 Å². The Kier molecular flexibility index (Phi) is 4.34. The largest absolute Gasteiger partial charge is 0.311 e. The van der Waals surface area contributed by atoms with Crippen molar-refractivity contribution in [1.29, 1.82) is 0 Å². The van der Waals surface area contributed by atoms with E-state index in [0.29, 0.717) is 21.9 Å². The third-order valence-corrected chi connectivity index (χ3v) is 5.06. The topological polar surface area (TPSA) is 12.0 Å². The minimum Gasteiger partial charge on any atom is -0.311 e. The van der Waals surface area contributed by atoms with E-state index in [1.807, 2.05) is 11.8 Å². The quantitative estimate of drug-likeness (QED) is 0.894. The van der Waals surface area contributed by atoms with Crippen LogP contribution >= 0.6 is 23.4 Å². The molecule has 1 unspecified atom stereocenters. The van der Waals surface area contributed by atoms with Gasteiger partial charge in [-0.2, -0.15) is 11.8 Å². The molecule has 0 aliphatic carbocycles. The zero-order valence-corrected chi connectivity index (χ0v) is 11.5. The molecule has 1 fully saturated rings. The fraction of sp³-hybridized carbons (Fsp3) is 0.538. The van der Waals surface area contributed by atoms with Gasteiger partial charge in [-0.25, -0.2) is 4.39 Å². The molecule has 0 amide bonds. The van der Waals surface area contributed by atoms with Crippen molar-refractivity contribution in [3.05, 3.63) is 34.6 Å². The summed E-state index contributed by atoms with van der Waals surface area (Å²) in [5, 5.41) is 3.82. The maximum Gasteiger partial charge on any atom is 0.129 e. The van der Waals surface area contributed by atoms with Gasteiger partial charge < -0.3 is 5.32 Å². The van der Waals surface area contributed by atoms with Crippen LogP contribution < -0.4 is 5.32 Å². The fourth-order valence-electron chi connectivity index (χ4n) is 2.13. The molecule has 94 valence electrons. The Balaban J connectivity index is 1.90. The summed E-state index contributed by atoms with van der Waals surface area (Å²) in [6.45, 7) is 3.67. The molecule has 17 heavy (non-hydrogen) atoms. The third-order valence-electron chi connectivity index (χ3n) is 3.16. The van der Waals surface area contributed by atoms with Crippen molar-refractivity contribution in [3.8, 4) is 0 Å². The minimum atomic E-state index is -0.228. The van der Waals surface area contributed by atoms with Gasteiger partial charge in [0.05, 0.1) is 0 Å². The Morgan fingerprint density at radius 3 is 3.00 bits per heavy atom. The van der Waals surface area contributed by atoms with Crippen molar-refractivity contribution < 1.29 is 4.39 Å². The van der Waals surface area contributed by atoms with Gasteiger partial charge in [0.15, 0.2) is 0 Å². The van der Waals surface area contributed by atoms with E-state index >= 15 is 0 Å². The average Bonchev–Trinajstić information content (AvgIpc) is 2.70. The molecular formula is C13H17ClFNS. The molecule has 4 heteroatoms. The van der Waals surface area contributed by atoms with Crippen LogP contribution in [0.5, 0.6) is 0 Å². The highest BCUT2D eigenvalue weighted by Gasteiger charge is 2.28. The first-order valence-electron chi connectivity index (χ1n) is 5.88. The molecule has 0 saturated carbocycles. The molecule has 1 N–H and O–H groups in total. The lowest BCUT2D eigenvalue weighted by Crippen LogP contribution is -2.32. The summed E-state index contributed by atoms with van der Waals surface area (Å²) < 4.78 is 13.8. The molecule has 1 aromatic carbocycles. The average molecular weight is 274 g/mol. The van der Waals surface area contributed by atoms with E-state index < -0.39 is 0 Å². The first-order chi connectivity index (χ1) is 8.11. The summed E-state index contributed by atoms with van der Waals surface area (Å²) in [5.41, 5.74) is 0.570. The first-order valence-corrected chi connectivity index (χ1v) is 7.25. The summed E-state index contributed by atoms with van der Waals surface area (Å²) in [7, 11) is 0. The van der Waals surface area contributed by atoms with E-state index in [1.165, 1.54) is 24.7 Å². The number of nitrogens with one attached hydrogen (secondary N) is 1.